The number of aliphatic hydroxyl groups excluding tert-OH is 1. The summed E-state index contributed by atoms with van der Waals surface area (Å²) in [7, 11) is 0. The van der Waals surface area contributed by atoms with Crippen molar-refractivity contribution in [2.75, 3.05) is 62.6 Å². The van der Waals surface area contributed by atoms with E-state index < -0.39 is 35.4 Å². The van der Waals surface area contributed by atoms with Gasteiger partial charge in [-0.1, -0.05) is 0 Å². The summed E-state index contributed by atoms with van der Waals surface area (Å²) >= 11 is 0. The normalized spacial score (nSPS) is 19.6. The molecule has 0 aliphatic carbocycles. The predicted octanol–water partition coefficient (Wildman–Crippen LogP) is 2.84. The van der Waals surface area contributed by atoms with Gasteiger partial charge in [-0.05, 0) is 61.5 Å². The van der Waals surface area contributed by atoms with E-state index in [-0.39, 0.29) is 31.1 Å². The number of alkyl halides is 3. The number of nitrogens with one attached hydrogen (secondary N) is 1. The van der Waals surface area contributed by atoms with Crippen molar-refractivity contribution in [3.05, 3.63) is 66.5 Å². The lowest BCUT2D eigenvalue weighted by Gasteiger charge is -2.37. The molecule has 2 amide bonds. The number of aliphatic hydroxyl groups is 1. The quantitative estimate of drug-likeness (QED) is 0.363. The molecule has 5 rings (SSSR count). The number of hydrogen-bond donors (Lipinski definition) is 3. The number of aromatic hydroxyl groups is 1. The third-order valence-electron chi connectivity index (χ3n) is 7.82. The first-order valence-corrected chi connectivity index (χ1v) is 13.5. The van der Waals surface area contributed by atoms with Crippen LogP contribution in [0.25, 0.3) is 11.4 Å². The zero-order valence-corrected chi connectivity index (χ0v) is 22.7. The number of phenols is 1. The van der Waals surface area contributed by atoms with Gasteiger partial charge < -0.3 is 25.3 Å². The predicted molar refractivity (Wildman–Crippen MR) is 149 cm³/mol. The SMILES string of the molecule is O=C(CN1CC[C@](CO)(C(=O)Nc2ccc(O)c(C(F)(F)F)c2)C1)N1CCN(c2ccc(-c3ncccn3)cc2)CC1. The van der Waals surface area contributed by atoms with Gasteiger partial charge in [0.2, 0.25) is 11.8 Å². The van der Waals surface area contributed by atoms with E-state index in [1.54, 1.807) is 28.3 Å². The van der Waals surface area contributed by atoms with Crippen molar-refractivity contribution in [1.29, 1.82) is 0 Å². The van der Waals surface area contributed by atoms with E-state index in [9.17, 15) is 33.0 Å². The number of hydrogen-bond acceptors (Lipinski definition) is 8. The van der Waals surface area contributed by atoms with Gasteiger partial charge >= 0.3 is 6.18 Å². The van der Waals surface area contributed by atoms with Crippen molar-refractivity contribution >= 4 is 23.2 Å². The lowest BCUT2D eigenvalue weighted by atomic mass is 9.87. The molecule has 42 heavy (non-hydrogen) atoms. The largest absolute Gasteiger partial charge is 0.507 e. The average molecular weight is 585 g/mol. The first-order valence-electron chi connectivity index (χ1n) is 13.5. The van der Waals surface area contributed by atoms with Crippen molar-refractivity contribution in [2.24, 2.45) is 5.41 Å². The summed E-state index contributed by atoms with van der Waals surface area (Å²) in [4.78, 5) is 40.4. The molecule has 0 spiro atoms. The summed E-state index contributed by atoms with van der Waals surface area (Å²) < 4.78 is 39.5. The second-order valence-electron chi connectivity index (χ2n) is 10.6. The molecule has 2 saturated heterocycles. The van der Waals surface area contributed by atoms with E-state index >= 15 is 0 Å². The maximum absolute atomic E-state index is 13.2. The van der Waals surface area contributed by atoms with Gasteiger partial charge in [-0.3, -0.25) is 14.5 Å². The summed E-state index contributed by atoms with van der Waals surface area (Å²) in [6.07, 6.45) is -1.16. The second kappa shape index (κ2) is 11.9. The van der Waals surface area contributed by atoms with Crippen molar-refractivity contribution in [1.82, 2.24) is 19.8 Å². The van der Waals surface area contributed by atoms with E-state index in [1.165, 1.54) is 0 Å². The first kappa shape index (κ1) is 29.3. The van der Waals surface area contributed by atoms with Crippen LogP contribution in [0.3, 0.4) is 0 Å². The van der Waals surface area contributed by atoms with Crippen LogP contribution in [0.4, 0.5) is 24.5 Å². The van der Waals surface area contributed by atoms with Crippen molar-refractivity contribution in [3.63, 3.8) is 0 Å². The van der Waals surface area contributed by atoms with Crippen LogP contribution < -0.4 is 10.2 Å². The minimum atomic E-state index is -4.79. The third kappa shape index (κ3) is 6.31. The highest BCUT2D eigenvalue weighted by atomic mass is 19.4. The Kier molecular flexibility index (Phi) is 8.32. The zero-order valence-electron chi connectivity index (χ0n) is 22.7. The summed E-state index contributed by atoms with van der Waals surface area (Å²) in [5.74, 6) is -1.02. The number of halogens is 3. The van der Waals surface area contributed by atoms with Crippen LogP contribution >= 0.6 is 0 Å². The average Bonchev–Trinajstić information content (AvgIpc) is 3.42. The lowest BCUT2D eigenvalue weighted by molar-refractivity contribution is -0.138. The van der Waals surface area contributed by atoms with Crippen molar-refractivity contribution < 1.29 is 33.0 Å². The van der Waals surface area contributed by atoms with Crippen molar-refractivity contribution in [2.45, 2.75) is 12.6 Å². The molecule has 2 aliphatic heterocycles. The number of nitrogens with zero attached hydrogens (tertiary/aromatic N) is 5. The van der Waals surface area contributed by atoms with E-state index in [0.717, 1.165) is 23.4 Å². The van der Waals surface area contributed by atoms with Gasteiger partial charge in [-0.15, -0.1) is 0 Å². The van der Waals surface area contributed by atoms with Crippen LogP contribution in [0.1, 0.15) is 12.0 Å². The molecular formula is C29H31F3N6O4. The molecule has 2 aliphatic rings. The van der Waals surface area contributed by atoms with Crippen LogP contribution in [0.5, 0.6) is 5.75 Å². The molecule has 2 fully saturated rings. The number of likely N-dealkylation sites (tertiary alicyclic amines) is 1. The summed E-state index contributed by atoms with van der Waals surface area (Å²) in [5, 5.41) is 22.1. The number of aromatic nitrogens is 2. The molecule has 0 radical (unpaired) electrons. The molecule has 1 atom stereocenters. The first-order chi connectivity index (χ1) is 20.1. The molecule has 3 N–H and O–H groups in total. The number of piperazine rings is 1. The van der Waals surface area contributed by atoms with E-state index in [0.29, 0.717) is 44.6 Å². The fourth-order valence-corrected chi connectivity index (χ4v) is 5.36. The smallest absolute Gasteiger partial charge is 0.420 e. The Bertz CT molecular complexity index is 1420. The van der Waals surface area contributed by atoms with Gasteiger partial charge in [-0.2, -0.15) is 13.2 Å². The molecule has 0 unspecified atom stereocenters. The minimum absolute atomic E-state index is 0.0677. The Morgan fingerprint density at radius 1 is 0.976 bits per heavy atom. The standard InChI is InChI=1S/C29H31F3N6O4/c30-29(31,32)23-16-21(4-7-24(23)40)35-27(42)28(19-39)8-11-36(18-28)17-25(41)38-14-12-37(13-15-38)22-5-2-20(3-6-22)26-33-9-1-10-34-26/h1-7,9-10,16,39-40H,8,11-15,17-19H2,(H,35,42)/t28-/m0/s1. The number of benzene rings is 2. The lowest BCUT2D eigenvalue weighted by Crippen LogP contribution is -2.51. The molecule has 13 heteroatoms. The minimum Gasteiger partial charge on any atom is -0.507 e. The number of rotatable bonds is 7. The molecule has 10 nitrogen and oxygen atoms in total. The third-order valence-corrected chi connectivity index (χ3v) is 7.82. The van der Waals surface area contributed by atoms with Gasteiger partial charge in [0.25, 0.3) is 0 Å². The number of carbonyl (C=O) groups excluding carboxylic acids is 2. The summed E-state index contributed by atoms with van der Waals surface area (Å²) in [6.45, 7) is 2.38. The van der Waals surface area contributed by atoms with E-state index in [1.807, 2.05) is 24.3 Å². The van der Waals surface area contributed by atoms with Gasteiger partial charge in [0.15, 0.2) is 5.82 Å². The zero-order chi connectivity index (χ0) is 29.9. The molecule has 3 heterocycles. The maximum Gasteiger partial charge on any atom is 0.420 e. The highest BCUT2D eigenvalue weighted by Crippen LogP contribution is 2.38. The number of carbonyl (C=O) groups is 2. The Hall–Kier alpha value is -4.23. The highest BCUT2D eigenvalue weighted by Gasteiger charge is 2.45. The number of phenolic OH excluding ortho intramolecular Hbond substituents is 1. The molecule has 2 aromatic carbocycles. The summed E-state index contributed by atoms with van der Waals surface area (Å²) in [6, 6.07) is 12.4. The number of amides is 2. The fourth-order valence-electron chi connectivity index (χ4n) is 5.36. The Labute approximate surface area is 240 Å². The van der Waals surface area contributed by atoms with Crippen LogP contribution in [0, 0.1) is 5.41 Å². The van der Waals surface area contributed by atoms with Crippen molar-refractivity contribution in [3.8, 4) is 17.1 Å². The molecule has 1 aromatic heterocycles. The molecule has 222 valence electrons. The van der Waals surface area contributed by atoms with Gasteiger partial charge in [0.05, 0.1) is 24.1 Å². The number of anilines is 2. The van der Waals surface area contributed by atoms with E-state index in [2.05, 4.69) is 20.2 Å². The Morgan fingerprint density at radius 3 is 2.31 bits per heavy atom. The molecule has 0 saturated carbocycles. The Morgan fingerprint density at radius 2 is 1.67 bits per heavy atom. The Balaban J connectivity index is 1.13. The van der Waals surface area contributed by atoms with Crippen LogP contribution in [-0.2, 0) is 15.8 Å². The molecule has 3 aromatic rings. The van der Waals surface area contributed by atoms with E-state index in [4.69, 9.17) is 0 Å². The van der Waals surface area contributed by atoms with Gasteiger partial charge in [0.1, 0.15) is 5.75 Å². The second-order valence-corrected chi connectivity index (χ2v) is 10.6. The monoisotopic (exact) mass is 584 g/mol. The highest BCUT2D eigenvalue weighted by molar-refractivity contribution is 5.96. The van der Waals surface area contributed by atoms with Crippen LogP contribution in [-0.4, -0.2) is 94.2 Å². The van der Waals surface area contributed by atoms with Crippen LogP contribution in [0.15, 0.2) is 60.9 Å². The molecule has 0 bridgehead atoms. The molecular weight excluding hydrogens is 553 g/mol. The van der Waals surface area contributed by atoms with Gasteiger partial charge in [0, 0.05) is 62.1 Å². The van der Waals surface area contributed by atoms with Gasteiger partial charge in [-0.25, -0.2) is 9.97 Å². The van der Waals surface area contributed by atoms with Crippen LogP contribution in [0.2, 0.25) is 0 Å². The fraction of sp³-hybridized carbons (Fsp3) is 0.379. The topological polar surface area (TPSA) is 122 Å². The summed E-state index contributed by atoms with van der Waals surface area (Å²) in [5.41, 5.74) is -0.729. The maximum atomic E-state index is 13.2.